The maximum absolute atomic E-state index is 12.6. The summed E-state index contributed by atoms with van der Waals surface area (Å²) >= 11 is 1.61. The molecule has 0 bridgehead atoms. The lowest BCUT2D eigenvalue weighted by atomic mass is 9.89. The van der Waals surface area contributed by atoms with E-state index in [0.29, 0.717) is 6.61 Å². The Morgan fingerprint density at radius 3 is 2.75 bits per heavy atom. The number of fused-ring (bicyclic) bond motifs is 1. The SMILES string of the molecule is COCCn1c(=NC(=O)C2CCCCC2)sc2cc(C)cc(C)c21. The van der Waals surface area contributed by atoms with Crippen LogP contribution in [0.5, 0.6) is 0 Å². The number of hydrogen-bond donors (Lipinski definition) is 0. The molecule has 1 heterocycles. The Bertz CT molecular complexity index is 798. The minimum absolute atomic E-state index is 0.0572. The Labute approximate surface area is 147 Å². The molecule has 130 valence electrons. The molecular weight excluding hydrogens is 320 g/mol. The highest BCUT2D eigenvalue weighted by Gasteiger charge is 2.21. The van der Waals surface area contributed by atoms with Crippen LogP contribution in [0.3, 0.4) is 0 Å². The van der Waals surface area contributed by atoms with E-state index in [-0.39, 0.29) is 11.8 Å². The summed E-state index contributed by atoms with van der Waals surface area (Å²) in [5.41, 5.74) is 3.65. The molecule has 0 radical (unpaired) electrons. The average Bonchev–Trinajstić information content (AvgIpc) is 2.90. The first-order chi connectivity index (χ1) is 11.6. The molecule has 4 nitrogen and oxygen atoms in total. The van der Waals surface area contributed by atoms with Gasteiger partial charge in [0, 0.05) is 19.6 Å². The van der Waals surface area contributed by atoms with Gasteiger partial charge >= 0.3 is 0 Å². The molecule has 1 aromatic carbocycles. The van der Waals surface area contributed by atoms with Crippen LogP contribution in [0.4, 0.5) is 0 Å². The molecule has 0 N–H and O–H groups in total. The molecule has 0 unspecified atom stereocenters. The summed E-state index contributed by atoms with van der Waals surface area (Å²) in [5.74, 6) is 0.171. The quantitative estimate of drug-likeness (QED) is 0.840. The van der Waals surface area contributed by atoms with Gasteiger partial charge in [0.2, 0.25) is 0 Å². The highest BCUT2D eigenvalue weighted by Crippen LogP contribution is 2.26. The lowest BCUT2D eigenvalue weighted by Gasteiger charge is -2.17. The first kappa shape index (κ1) is 17.4. The normalized spacial score (nSPS) is 16.9. The number of thiazole rings is 1. The molecule has 0 spiro atoms. The van der Waals surface area contributed by atoms with Crippen LogP contribution in [0.2, 0.25) is 0 Å². The number of ether oxygens (including phenoxy) is 1. The Morgan fingerprint density at radius 2 is 2.04 bits per heavy atom. The lowest BCUT2D eigenvalue weighted by molar-refractivity contribution is -0.122. The Hall–Kier alpha value is -1.46. The Balaban J connectivity index is 2.06. The molecular formula is C19H26N2O2S. The van der Waals surface area contributed by atoms with E-state index in [4.69, 9.17) is 4.74 Å². The van der Waals surface area contributed by atoms with E-state index >= 15 is 0 Å². The number of aromatic nitrogens is 1. The fourth-order valence-corrected chi connectivity index (χ4v) is 4.84. The standard InChI is InChI=1S/C19H26N2O2S/c1-13-11-14(2)17-16(12-13)24-19(21(17)9-10-23-3)20-18(22)15-7-5-4-6-8-15/h11-12,15H,4-10H2,1-3H3. The van der Waals surface area contributed by atoms with Gasteiger partial charge in [-0.1, -0.05) is 36.7 Å². The van der Waals surface area contributed by atoms with Gasteiger partial charge in [0.05, 0.1) is 16.8 Å². The largest absolute Gasteiger partial charge is 0.383 e. The summed E-state index contributed by atoms with van der Waals surface area (Å²) in [7, 11) is 1.70. The van der Waals surface area contributed by atoms with E-state index in [0.717, 1.165) is 37.0 Å². The predicted molar refractivity (Wildman–Crippen MR) is 98.3 cm³/mol. The van der Waals surface area contributed by atoms with Crippen molar-refractivity contribution in [1.82, 2.24) is 4.57 Å². The van der Waals surface area contributed by atoms with Crippen molar-refractivity contribution >= 4 is 27.5 Å². The van der Waals surface area contributed by atoms with Crippen molar-refractivity contribution in [2.24, 2.45) is 10.9 Å². The number of carbonyl (C=O) groups is 1. The van der Waals surface area contributed by atoms with Crippen LogP contribution >= 0.6 is 11.3 Å². The summed E-state index contributed by atoms with van der Waals surface area (Å²) < 4.78 is 8.61. The smallest absolute Gasteiger partial charge is 0.251 e. The second kappa shape index (κ2) is 7.62. The van der Waals surface area contributed by atoms with Crippen LogP contribution in [0.1, 0.15) is 43.2 Å². The number of hydrogen-bond acceptors (Lipinski definition) is 3. The Morgan fingerprint density at radius 1 is 1.29 bits per heavy atom. The van der Waals surface area contributed by atoms with Gasteiger partial charge in [0.1, 0.15) is 0 Å². The molecule has 5 heteroatoms. The van der Waals surface area contributed by atoms with E-state index in [9.17, 15) is 4.79 Å². The van der Waals surface area contributed by atoms with Crippen molar-refractivity contribution in [3.8, 4) is 0 Å². The second-order valence-electron chi connectivity index (χ2n) is 6.74. The highest BCUT2D eigenvalue weighted by molar-refractivity contribution is 7.16. The lowest BCUT2D eigenvalue weighted by Crippen LogP contribution is -2.23. The number of amides is 1. The van der Waals surface area contributed by atoms with Crippen LogP contribution in [0.15, 0.2) is 17.1 Å². The number of methoxy groups -OCH3 is 1. The van der Waals surface area contributed by atoms with E-state index in [1.807, 2.05) is 0 Å². The third-order valence-corrected chi connectivity index (χ3v) is 5.82. The van der Waals surface area contributed by atoms with Gasteiger partial charge in [-0.25, -0.2) is 0 Å². The zero-order valence-corrected chi connectivity index (χ0v) is 15.6. The summed E-state index contributed by atoms with van der Waals surface area (Å²) in [6.45, 7) is 5.56. The van der Waals surface area contributed by atoms with Gasteiger partial charge in [-0.2, -0.15) is 4.99 Å². The minimum atomic E-state index is 0.0572. The molecule has 1 saturated carbocycles. The average molecular weight is 346 g/mol. The predicted octanol–water partition coefficient (Wildman–Crippen LogP) is 3.97. The number of benzene rings is 1. The topological polar surface area (TPSA) is 43.6 Å². The van der Waals surface area contributed by atoms with E-state index in [1.54, 1.807) is 18.4 Å². The number of aryl methyl sites for hydroxylation is 2. The molecule has 0 atom stereocenters. The molecule has 1 fully saturated rings. The second-order valence-corrected chi connectivity index (χ2v) is 7.75. The highest BCUT2D eigenvalue weighted by atomic mass is 32.1. The number of nitrogens with zero attached hydrogens (tertiary/aromatic N) is 2. The maximum Gasteiger partial charge on any atom is 0.251 e. The first-order valence-electron chi connectivity index (χ1n) is 8.78. The molecule has 2 aromatic rings. The van der Waals surface area contributed by atoms with Gasteiger partial charge in [-0.05, 0) is 43.9 Å². The fraction of sp³-hybridized carbons (Fsp3) is 0.579. The molecule has 1 amide bonds. The molecule has 0 aliphatic heterocycles. The first-order valence-corrected chi connectivity index (χ1v) is 9.60. The van der Waals surface area contributed by atoms with Gasteiger partial charge in [-0.15, -0.1) is 0 Å². The third-order valence-electron chi connectivity index (χ3n) is 4.79. The molecule has 1 aromatic heterocycles. The monoisotopic (exact) mass is 346 g/mol. The van der Waals surface area contributed by atoms with Gasteiger partial charge in [-0.3, -0.25) is 4.79 Å². The van der Waals surface area contributed by atoms with Crippen LogP contribution in [-0.2, 0) is 16.1 Å². The van der Waals surface area contributed by atoms with Crippen LogP contribution in [0.25, 0.3) is 10.2 Å². The van der Waals surface area contributed by atoms with Crippen molar-refractivity contribution < 1.29 is 9.53 Å². The maximum atomic E-state index is 12.6. The summed E-state index contributed by atoms with van der Waals surface area (Å²) in [6.07, 6.45) is 5.53. The fourth-order valence-electron chi connectivity index (χ4n) is 3.60. The zero-order chi connectivity index (χ0) is 17.1. The van der Waals surface area contributed by atoms with Crippen LogP contribution in [0, 0.1) is 19.8 Å². The number of carbonyl (C=O) groups excluding carboxylic acids is 1. The van der Waals surface area contributed by atoms with Crippen LogP contribution in [-0.4, -0.2) is 24.2 Å². The molecule has 0 saturated heterocycles. The molecule has 24 heavy (non-hydrogen) atoms. The Kier molecular flexibility index (Phi) is 5.51. The van der Waals surface area contributed by atoms with Gasteiger partial charge in [0.25, 0.3) is 5.91 Å². The molecule has 1 aliphatic carbocycles. The number of rotatable bonds is 4. The van der Waals surface area contributed by atoms with Crippen molar-refractivity contribution in [3.05, 3.63) is 28.1 Å². The van der Waals surface area contributed by atoms with Gasteiger partial charge < -0.3 is 9.30 Å². The summed E-state index contributed by atoms with van der Waals surface area (Å²) in [6, 6.07) is 4.37. The van der Waals surface area contributed by atoms with E-state index < -0.39 is 0 Å². The van der Waals surface area contributed by atoms with Crippen molar-refractivity contribution in [2.75, 3.05) is 13.7 Å². The summed E-state index contributed by atoms with van der Waals surface area (Å²) in [4.78, 5) is 18.0. The molecule has 3 rings (SSSR count). The van der Waals surface area contributed by atoms with Crippen LogP contribution < -0.4 is 4.80 Å². The summed E-state index contributed by atoms with van der Waals surface area (Å²) in [5, 5.41) is 0. The molecule has 1 aliphatic rings. The van der Waals surface area contributed by atoms with Gasteiger partial charge in [0.15, 0.2) is 4.80 Å². The van der Waals surface area contributed by atoms with Crippen molar-refractivity contribution in [2.45, 2.75) is 52.5 Å². The zero-order valence-electron chi connectivity index (χ0n) is 14.8. The van der Waals surface area contributed by atoms with E-state index in [2.05, 4.69) is 35.5 Å². The van der Waals surface area contributed by atoms with Crippen molar-refractivity contribution in [1.29, 1.82) is 0 Å². The van der Waals surface area contributed by atoms with E-state index in [1.165, 1.54) is 27.8 Å². The minimum Gasteiger partial charge on any atom is -0.383 e. The third kappa shape index (κ3) is 3.62. The van der Waals surface area contributed by atoms with Crippen molar-refractivity contribution in [3.63, 3.8) is 0 Å².